The predicted octanol–water partition coefficient (Wildman–Crippen LogP) is 6.06. The molecule has 0 aliphatic carbocycles. The van der Waals surface area contributed by atoms with Gasteiger partial charge in [-0.1, -0.05) is 74.5 Å². The van der Waals surface area contributed by atoms with Crippen LogP contribution in [0, 0.1) is 5.92 Å². The molecule has 4 rings (SSSR count). The Balaban J connectivity index is 1.64. The number of hydrogen-bond acceptors (Lipinski definition) is 6. The lowest BCUT2D eigenvalue weighted by atomic mass is 10.00. The molecule has 0 aliphatic rings. The number of hydrogen-bond donors (Lipinski definition) is 1. The summed E-state index contributed by atoms with van der Waals surface area (Å²) in [7, 11) is 3.10. The van der Waals surface area contributed by atoms with Crippen molar-refractivity contribution in [3.63, 3.8) is 0 Å². The largest absolute Gasteiger partial charge is 0.497 e. The van der Waals surface area contributed by atoms with Gasteiger partial charge in [0, 0.05) is 17.0 Å². The molecule has 1 heterocycles. The number of ether oxygens (including phenoxy) is 2. The summed E-state index contributed by atoms with van der Waals surface area (Å²) in [6, 6.07) is 23.9. The van der Waals surface area contributed by atoms with E-state index in [0.29, 0.717) is 17.2 Å². The van der Waals surface area contributed by atoms with Gasteiger partial charge < -0.3 is 19.7 Å². The van der Waals surface area contributed by atoms with Crippen molar-refractivity contribution in [3.8, 4) is 22.8 Å². The Morgan fingerprint density at radius 2 is 1.64 bits per heavy atom. The Kier molecular flexibility index (Phi) is 9.33. The number of thiazole rings is 1. The maximum Gasteiger partial charge on any atom is 0.247 e. The van der Waals surface area contributed by atoms with E-state index in [0.717, 1.165) is 21.8 Å². The van der Waals surface area contributed by atoms with Crippen LogP contribution in [0.3, 0.4) is 0 Å². The molecule has 39 heavy (non-hydrogen) atoms. The predicted molar refractivity (Wildman–Crippen MR) is 155 cm³/mol. The fourth-order valence-electron chi connectivity index (χ4n) is 4.40. The standard InChI is InChI=1S/C31H33N3O4S/c1-21(2)30(31(36)33-25-16-15-24(37-3)18-27(25)38-4)34(29(35)17-22-11-7-5-8-12-22)19-28-32-26(20-39-28)23-13-9-6-10-14-23/h5-16,18,20-21,30H,17,19H2,1-4H3,(H,33,36). The van der Waals surface area contributed by atoms with Crippen LogP contribution in [0.25, 0.3) is 11.3 Å². The van der Waals surface area contributed by atoms with E-state index in [-0.39, 0.29) is 30.7 Å². The molecule has 0 bridgehead atoms. The molecule has 0 spiro atoms. The smallest absolute Gasteiger partial charge is 0.247 e. The van der Waals surface area contributed by atoms with E-state index in [2.05, 4.69) is 5.32 Å². The molecule has 0 saturated carbocycles. The van der Waals surface area contributed by atoms with Crippen LogP contribution in [0.2, 0.25) is 0 Å². The monoisotopic (exact) mass is 543 g/mol. The van der Waals surface area contributed by atoms with Gasteiger partial charge in [0.25, 0.3) is 0 Å². The van der Waals surface area contributed by atoms with Crippen molar-refractivity contribution in [2.24, 2.45) is 5.92 Å². The molecular weight excluding hydrogens is 510 g/mol. The van der Waals surface area contributed by atoms with E-state index >= 15 is 0 Å². The Labute approximate surface area is 233 Å². The molecule has 0 aliphatic heterocycles. The second-order valence-electron chi connectivity index (χ2n) is 9.42. The highest BCUT2D eigenvalue weighted by atomic mass is 32.1. The lowest BCUT2D eigenvalue weighted by Gasteiger charge is -2.33. The molecule has 4 aromatic rings. The molecule has 0 saturated heterocycles. The van der Waals surface area contributed by atoms with Crippen molar-refractivity contribution in [1.82, 2.24) is 9.88 Å². The first kappa shape index (κ1) is 27.9. The van der Waals surface area contributed by atoms with Gasteiger partial charge >= 0.3 is 0 Å². The van der Waals surface area contributed by atoms with E-state index in [4.69, 9.17) is 14.5 Å². The highest BCUT2D eigenvalue weighted by Crippen LogP contribution is 2.30. The first-order valence-electron chi connectivity index (χ1n) is 12.8. The third-order valence-electron chi connectivity index (χ3n) is 6.35. The zero-order valence-electron chi connectivity index (χ0n) is 22.6. The lowest BCUT2D eigenvalue weighted by Crippen LogP contribution is -2.50. The Morgan fingerprint density at radius 1 is 0.949 bits per heavy atom. The van der Waals surface area contributed by atoms with Gasteiger partial charge in [-0.15, -0.1) is 11.3 Å². The van der Waals surface area contributed by atoms with Gasteiger partial charge in [-0.25, -0.2) is 4.98 Å². The number of nitrogens with one attached hydrogen (secondary N) is 1. The Morgan fingerprint density at radius 3 is 2.28 bits per heavy atom. The minimum Gasteiger partial charge on any atom is -0.497 e. The van der Waals surface area contributed by atoms with Crippen molar-refractivity contribution in [2.45, 2.75) is 32.9 Å². The van der Waals surface area contributed by atoms with Crippen LogP contribution in [0.5, 0.6) is 11.5 Å². The second-order valence-corrected chi connectivity index (χ2v) is 10.4. The SMILES string of the molecule is COc1ccc(NC(=O)C(C(C)C)N(Cc2nc(-c3ccccc3)cs2)C(=O)Cc2ccccc2)c(OC)c1. The average molecular weight is 544 g/mol. The Bertz CT molecular complexity index is 1390. The zero-order valence-corrected chi connectivity index (χ0v) is 23.4. The molecule has 0 fully saturated rings. The molecule has 7 nitrogen and oxygen atoms in total. The average Bonchev–Trinajstić information content (AvgIpc) is 3.42. The maximum atomic E-state index is 13.8. The van der Waals surface area contributed by atoms with Crippen LogP contribution >= 0.6 is 11.3 Å². The van der Waals surface area contributed by atoms with Gasteiger partial charge in [0.05, 0.1) is 38.6 Å². The van der Waals surface area contributed by atoms with Gasteiger partial charge in [-0.3, -0.25) is 9.59 Å². The van der Waals surface area contributed by atoms with Crippen molar-refractivity contribution in [2.75, 3.05) is 19.5 Å². The topological polar surface area (TPSA) is 80.8 Å². The van der Waals surface area contributed by atoms with Crippen molar-refractivity contribution >= 4 is 28.8 Å². The zero-order chi connectivity index (χ0) is 27.8. The summed E-state index contributed by atoms with van der Waals surface area (Å²) in [6.45, 7) is 4.10. The number of methoxy groups -OCH3 is 2. The maximum absolute atomic E-state index is 13.8. The number of anilines is 1. The molecule has 1 unspecified atom stereocenters. The molecule has 8 heteroatoms. The van der Waals surface area contributed by atoms with Gasteiger partial charge in [-0.05, 0) is 23.6 Å². The number of amides is 2. The van der Waals surface area contributed by atoms with E-state index in [1.807, 2.05) is 79.9 Å². The van der Waals surface area contributed by atoms with Crippen LogP contribution in [-0.2, 0) is 22.6 Å². The molecule has 1 N–H and O–H groups in total. The number of nitrogens with zero attached hydrogens (tertiary/aromatic N) is 2. The first-order valence-corrected chi connectivity index (χ1v) is 13.6. The molecule has 2 amide bonds. The third-order valence-corrected chi connectivity index (χ3v) is 7.18. The number of benzene rings is 3. The van der Waals surface area contributed by atoms with Crippen LogP contribution in [-0.4, -0.2) is 42.0 Å². The molecule has 1 atom stereocenters. The summed E-state index contributed by atoms with van der Waals surface area (Å²) in [6.07, 6.45) is 0.181. The molecule has 1 aromatic heterocycles. The fraction of sp³-hybridized carbons (Fsp3) is 0.258. The second kappa shape index (κ2) is 13.1. The number of carbonyl (C=O) groups excluding carboxylic acids is 2. The van der Waals surface area contributed by atoms with Crippen LogP contribution in [0.4, 0.5) is 5.69 Å². The quantitative estimate of drug-likeness (QED) is 0.249. The molecule has 202 valence electrons. The minimum absolute atomic E-state index is 0.145. The summed E-state index contributed by atoms with van der Waals surface area (Å²) >= 11 is 1.48. The van der Waals surface area contributed by atoms with Crippen molar-refractivity contribution in [3.05, 3.63) is 94.8 Å². The lowest BCUT2D eigenvalue weighted by molar-refractivity contribution is -0.140. The van der Waals surface area contributed by atoms with Crippen LogP contribution in [0.1, 0.15) is 24.4 Å². The normalized spacial score (nSPS) is 11.6. The van der Waals surface area contributed by atoms with E-state index in [9.17, 15) is 9.59 Å². The first-order chi connectivity index (χ1) is 18.9. The van der Waals surface area contributed by atoms with Gasteiger partial charge in [0.15, 0.2) is 0 Å². The summed E-state index contributed by atoms with van der Waals surface area (Å²) in [5, 5.41) is 5.72. The fourth-order valence-corrected chi connectivity index (χ4v) is 5.20. The summed E-state index contributed by atoms with van der Waals surface area (Å²) < 4.78 is 10.8. The summed E-state index contributed by atoms with van der Waals surface area (Å²) in [4.78, 5) is 34.0. The minimum atomic E-state index is -0.739. The highest BCUT2D eigenvalue weighted by Gasteiger charge is 2.33. The third kappa shape index (κ3) is 7.03. The van der Waals surface area contributed by atoms with Gasteiger partial charge in [0.2, 0.25) is 11.8 Å². The number of carbonyl (C=O) groups is 2. The highest BCUT2D eigenvalue weighted by molar-refractivity contribution is 7.09. The van der Waals surface area contributed by atoms with Gasteiger partial charge in [0.1, 0.15) is 22.5 Å². The summed E-state index contributed by atoms with van der Waals surface area (Å²) in [5.74, 6) is 0.480. The number of rotatable bonds is 11. The van der Waals surface area contributed by atoms with E-state index < -0.39 is 6.04 Å². The summed E-state index contributed by atoms with van der Waals surface area (Å²) in [5.41, 5.74) is 3.24. The molecule has 3 aromatic carbocycles. The number of aromatic nitrogens is 1. The van der Waals surface area contributed by atoms with Crippen LogP contribution in [0.15, 0.2) is 84.2 Å². The molecule has 0 radical (unpaired) electrons. The Hall–Kier alpha value is -4.17. The van der Waals surface area contributed by atoms with Crippen molar-refractivity contribution < 1.29 is 19.1 Å². The van der Waals surface area contributed by atoms with E-state index in [1.165, 1.54) is 18.4 Å². The van der Waals surface area contributed by atoms with Gasteiger partial charge in [-0.2, -0.15) is 0 Å². The molecular formula is C31H33N3O4S. The van der Waals surface area contributed by atoms with Crippen LogP contribution < -0.4 is 14.8 Å². The van der Waals surface area contributed by atoms with Crippen molar-refractivity contribution in [1.29, 1.82) is 0 Å². The van der Waals surface area contributed by atoms with E-state index in [1.54, 1.807) is 30.2 Å².